The first kappa shape index (κ1) is 14.0. The summed E-state index contributed by atoms with van der Waals surface area (Å²) in [4.78, 5) is 17.1. The molecule has 0 spiro atoms. The molecule has 0 radical (unpaired) electrons. The van der Waals surface area contributed by atoms with Crippen LogP contribution in [0.4, 0.5) is 0 Å². The molecule has 2 heterocycles. The van der Waals surface area contributed by atoms with Crippen molar-refractivity contribution in [1.82, 2.24) is 20.5 Å². The molecule has 5 nitrogen and oxygen atoms in total. The predicted octanol–water partition coefficient (Wildman–Crippen LogP) is 2.75. The molecule has 0 atom stereocenters. The van der Waals surface area contributed by atoms with Gasteiger partial charge in [-0.2, -0.15) is 0 Å². The van der Waals surface area contributed by atoms with Gasteiger partial charge in [0.2, 0.25) is 5.82 Å². The second-order valence-corrected chi connectivity index (χ2v) is 6.95. The van der Waals surface area contributed by atoms with Crippen LogP contribution in [0.15, 0.2) is 12.1 Å². The summed E-state index contributed by atoms with van der Waals surface area (Å²) in [6.07, 6.45) is 0. The lowest BCUT2D eigenvalue weighted by Crippen LogP contribution is -2.23. The van der Waals surface area contributed by atoms with Gasteiger partial charge in [0.15, 0.2) is 0 Å². The highest BCUT2D eigenvalue weighted by Crippen LogP contribution is 2.21. The van der Waals surface area contributed by atoms with Crippen molar-refractivity contribution < 1.29 is 4.79 Å². The fourth-order valence-electron chi connectivity index (χ4n) is 1.39. The van der Waals surface area contributed by atoms with Gasteiger partial charge in [0.05, 0.1) is 10.9 Å². The summed E-state index contributed by atoms with van der Waals surface area (Å²) < 4.78 is 0.706. The van der Waals surface area contributed by atoms with E-state index in [1.54, 1.807) is 6.07 Å². The first-order valence-electron chi connectivity index (χ1n) is 5.81. The van der Waals surface area contributed by atoms with Gasteiger partial charge in [-0.3, -0.25) is 9.89 Å². The molecule has 0 aliphatic rings. The van der Waals surface area contributed by atoms with Crippen molar-refractivity contribution in [2.75, 3.05) is 0 Å². The minimum Gasteiger partial charge on any atom is -0.344 e. The highest BCUT2D eigenvalue weighted by atomic mass is 35.5. The van der Waals surface area contributed by atoms with E-state index in [2.05, 4.69) is 20.5 Å². The quantitative estimate of drug-likeness (QED) is 0.915. The number of halogens is 1. The second-order valence-electron chi connectivity index (χ2n) is 5.15. The van der Waals surface area contributed by atoms with Gasteiger partial charge in [-0.15, -0.1) is 16.4 Å². The minimum atomic E-state index is -0.295. The lowest BCUT2D eigenvalue weighted by atomic mass is 9.96. The molecule has 1 amide bonds. The molecule has 0 saturated heterocycles. The third-order valence-corrected chi connectivity index (χ3v) is 3.68. The van der Waals surface area contributed by atoms with Gasteiger partial charge in [0.25, 0.3) is 5.91 Å². The van der Waals surface area contributed by atoms with E-state index in [9.17, 15) is 4.79 Å². The van der Waals surface area contributed by atoms with Crippen molar-refractivity contribution in [2.24, 2.45) is 0 Å². The Labute approximate surface area is 120 Å². The highest BCUT2D eigenvalue weighted by molar-refractivity contribution is 7.16. The average Bonchev–Trinajstić information content (AvgIpc) is 2.93. The largest absolute Gasteiger partial charge is 0.344 e. The zero-order valence-electron chi connectivity index (χ0n) is 11.0. The van der Waals surface area contributed by atoms with Crippen LogP contribution in [-0.4, -0.2) is 21.1 Å². The number of hydrogen-bond acceptors (Lipinski definition) is 4. The Balaban J connectivity index is 1.98. The number of carbonyl (C=O) groups is 1. The third kappa shape index (κ3) is 3.54. The van der Waals surface area contributed by atoms with E-state index >= 15 is 0 Å². The van der Waals surface area contributed by atoms with Crippen LogP contribution in [0.3, 0.4) is 0 Å². The van der Waals surface area contributed by atoms with E-state index in [1.165, 1.54) is 11.3 Å². The van der Waals surface area contributed by atoms with Crippen LogP contribution in [0.25, 0.3) is 0 Å². The Kier molecular flexibility index (Phi) is 3.91. The summed E-state index contributed by atoms with van der Waals surface area (Å²) in [6, 6.07) is 3.68. The molecule has 2 aromatic heterocycles. The normalized spacial score (nSPS) is 11.6. The summed E-state index contributed by atoms with van der Waals surface area (Å²) in [7, 11) is 0. The van der Waals surface area contributed by atoms with Crippen LogP contribution in [0, 0.1) is 0 Å². The van der Waals surface area contributed by atoms with E-state index < -0.39 is 0 Å². The van der Waals surface area contributed by atoms with E-state index in [0.717, 1.165) is 4.88 Å². The second kappa shape index (κ2) is 5.30. The number of H-pyrrole nitrogens is 1. The Bertz CT molecular complexity index is 585. The van der Waals surface area contributed by atoms with Crippen LogP contribution in [-0.2, 0) is 12.0 Å². The Morgan fingerprint density at radius 2 is 2.21 bits per heavy atom. The van der Waals surface area contributed by atoms with Crippen LogP contribution < -0.4 is 5.32 Å². The standard InChI is InChI=1S/C12H15ClN4OS/c1-12(2,3)11-15-9(16-17-11)10(18)14-6-7-4-5-8(13)19-7/h4-5H,6H2,1-3H3,(H,14,18)(H,15,16,17). The first-order chi connectivity index (χ1) is 8.86. The van der Waals surface area contributed by atoms with Crippen LogP contribution >= 0.6 is 22.9 Å². The van der Waals surface area contributed by atoms with Gasteiger partial charge < -0.3 is 5.32 Å². The molecule has 7 heteroatoms. The average molecular weight is 299 g/mol. The number of rotatable bonds is 3. The summed E-state index contributed by atoms with van der Waals surface area (Å²) in [5, 5.41) is 9.48. The molecule has 0 aromatic carbocycles. The summed E-state index contributed by atoms with van der Waals surface area (Å²) in [5.41, 5.74) is -0.160. The van der Waals surface area contributed by atoms with Crippen molar-refractivity contribution in [1.29, 1.82) is 0 Å². The zero-order valence-corrected chi connectivity index (χ0v) is 12.5. The lowest BCUT2D eigenvalue weighted by molar-refractivity contribution is 0.0941. The molecular weight excluding hydrogens is 284 g/mol. The number of thiophene rings is 1. The van der Waals surface area contributed by atoms with Crippen LogP contribution in [0.5, 0.6) is 0 Å². The van der Waals surface area contributed by atoms with Gasteiger partial charge in [0.1, 0.15) is 5.82 Å². The Morgan fingerprint density at radius 3 is 2.74 bits per heavy atom. The molecule has 2 aromatic rings. The van der Waals surface area contributed by atoms with Gasteiger partial charge in [-0.25, -0.2) is 4.98 Å². The van der Waals surface area contributed by atoms with Crippen LogP contribution in [0.2, 0.25) is 4.34 Å². The molecule has 0 aliphatic heterocycles. The molecule has 2 N–H and O–H groups in total. The van der Waals surface area contributed by atoms with E-state index in [4.69, 9.17) is 11.6 Å². The third-order valence-electron chi connectivity index (χ3n) is 2.45. The van der Waals surface area contributed by atoms with E-state index in [0.29, 0.717) is 16.7 Å². The monoisotopic (exact) mass is 298 g/mol. The number of amides is 1. The van der Waals surface area contributed by atoms with Crippen molar-refractivity contribution >= 4 is 28.8 Å². The molecule has 19 heavy (non-hydrogen) atoms. The molecule has 2 rings (SSSR count). The molecule has 102 valence electrons. The van der Waals surface area contributed by atoms with Crippen molar-refractivity contribution in [3.05, 3.63) is 33.0 Å². The number of aromatic amines is 1. The summed E-state index contributed by atoms with van der Waals surface area (Å²) in [5.74, 6) is 0.556. The topological polar surface area (TPSA) is 70.7 Å². The van der Waals surface area contributed by atoms with Gasteiger partial charge in [0, 0.05) is 10.3 Å². The smallest absolute Gasteiger partial charge is 0.291 e. The fraction of sp³-hybridized carbons (Fsp3) is 0.417. The molecule has 0 aliphatic carbocycles. The van der Waals surface area contributed by atoms with Crippen molar-refractivity contribution in [3.8, 4) is 0 Å². The lowest BCUT2D eigenvalue weighted by Gasteiger charge is -2.12. The SMILES string of the molecule is CC(C)(C)c1nc(C(=O)NCc2ccc(Cl)s2)n[nH]1. The molecule has 0 bridgehead atoms. The zero-order chi connectivity index (χ0) is 14.0. The predicted molar refractivity (Wildman–Crippen MR) is 75.6 cm³/mol. The first-order valence-corrected chi connectivity index (χ1v) is 7.01. The number of hydrogen-bond donors (Lipinski definition) is 2. The maximum absolute atomic E-state index is 11.9. The number of nitrogens with zero attached hydrogens (tertiary/aromatic N) is 2. The number of carbonyl (C=O) groups excluding carboxylic acids is 1. The molecule has 0 unspecified atom stereocenters. The number of aromatic nitrogens is 3. The van der Waals surface area contributed by atoms with Gasteiger partial charge in [-0.05, 0) is 12.1 Å². The van der Waals surface area contributed by atoms with E-state index in [1.807, 2.05) is 26.8 Å². The fourth-order valence-corrected chi connectivity index (χ4v) is 2.42. The van der Waals surface area contributed by atoms with Crippen molar-refractivity contribution in [3.63, 3.8) is 0 Å². The molecule has 0 saturated carbocycles. The van der Waals surface area contributed by atoms with Gasteiger partial charge >= 0.3 is 0 Å². The van der Waals surface area contributed by atoms with Crippen LogP contribution in [0.1, 0.15) is 42.1 Å². The maximum Gasteiger partial charge on any atom is 0.291 e. The highest BCUT2D eigenvalue weighted by Gasteiger charge is 2.21. The maximum atomic E-state index is 11.9. The summed E-state index contributed by atoms with van der Waals surface area (Å²) in [6.45, 7) is 6.43. The minimum absolute atomic E-state index is 0.160. The Morgan fingerprint density at radius 1 is 1.47 bits per heavy atom. The van der Waals surface area contributed by atoms with Gasteiger partial charge in [-0.1, -0.05) is 32.4 Å². The van der Waals surface area contributed by atoms with Crippen molar-refractivity contribution in [2.45, 2.75) is 32.7 Å². The number of nitrogens with one attached hydrogen (secondary N) is 2. The Hall–Kier alpha value is -1.40. The molecule has 0 fully saturated rings. The van der Waals surface area contributed by atoms with E-state index in [-0.39, 0.29) is 17.1 Å². The summed E-state index contributed by atoms with van der Waals surface area (Å²) >= 11 is 7.26. The molecular formula is C12H15ClN4OS.